The first-order valence-electron chi connectivity index (χ1n) is 7.90. The zero-order valence-corrected chi connectivity index (χ0v) is 14.0. The molecule has 1 heterocycles. The van der Waals surface area contributed by atoms with Gasteiger partial charge in [-0.1, -0.05) is 36.4 Å². The van der Waals surface area contributed by atoms with Gasteiger partial charge in [-0.2, -0.15) is 0 Å². The van der Waals surface area contributed by atoms with Gasteiger partial charge in [-0.25, -0.2) is 0 Å². The van der Waals surface area contributed by atoms with Crippen molar-refractivity contribution >= 4 is 16.8 Å². The van der Waals surface area contributed by atoms with Crippen LogP contribution in [0, 0.1) is 6.92 Å². The summed E-state index contributed by atoms with van der Waals surface area (Å²) in [6.45, 7) is 3.85. The number of fused-ring (bicyclic) bond motifs is 1. The molecule has 0 aliphatic carbocycles. The SMILES string of the molecule is COc1ccccc1[C@@H](C)NC(=O)c1cc(C)nc2ccccc12. The fourth-order valence-electron chi connectivity index (χ4n) is 2.87. The third kappa shape index (κ3) is 3.08. The largest absolute Gasteiger partial charge is 0.496 e. The van der Waals surface area contributed by atoms with Crippen molar-refractivity contribution in [1.82, 2.24) is 10.3 Å². The molecule has 0 saturated heterocycles. The van der Waals surface area contributed by atoms with Gasteiger partial charge in [0.05, 0.1) is 24.2 Å². The maximum absolute atomic E-state index is 12.8. The molecule has 0 bridgehead atoms. The number of rotatable bonds is 4. The molecule has 24 heavy (non-hydrogen) atoms. The molecule has 0 saturated carbocycles. The van der Waals surface area contributed by atoms with E-state index in [0.29, 0.717) is 5.56 Å². The van der Waals surface area contributed by atoms with Crippen molar-refractivity contribution in [2.24, 2.45) is 0 Å². The van der Waals surface area contributed by atoms with Crippen LogP contribution in [-0.2, 0) is 0 Å². The number of amides is 1. The fourth-order valence-corrected chi connectivity index (χ4v) is 2.87. The van der Waals surface area contributed by atoms with Crippen molar-refractivity contribution in [1.29, 1.82) is 0 Å². The highest BCUT2D eigenvalue weighted by molar-refractivity contribution is 6.06. The average Bonchev–Trinajstić information content (AvgIpc) is 2.60. The third-order valence-corrected chi connectivity index (χ3v) is 4.04. The molecule has 0 spiro atoms. The molecule has 1 aromatic heterocycles. The summed E-state index contributed by atoms with van der Waals surface area (Å²) in [5.41, 5.74) is 3.24. The molecule has 122 valence electrons. The number of methoxy groups -OCH3 is 1. The number of hydrogen-bond donors (Lipinski definition) is 1. The summed E-state index contributed by atoms with van der Waals surface area (Å²) in [5, 5.41) is 3.91. The Hall–Kier alpha value is -2.88. The van der Waals surface area contributed by atoms with Crippen LogP contribution in [0.1, 0.15) is 34.6 Å². The van der Waals surface area contributed by atoms with Gasteiger partial charge < -0.3 is 10.1 Å². The molecule has 3 rings (SSSR count). The van der Waals surface area contributed by atoms with Gasteiger partial charge in [-0.05, 0) is 32.0 Å². The summed E-state index contributed by atoms with van der Waals surface area (Å²) in [7, 11) is 1.63. The van der Waals surface area contributed by atoms with Crippen LogP contribution < -0.4 is 10.1 Å². The number of pyridine rings is 1. The smallest absolute Gasteiger partial charge is 0.252 e. The van der Waals surface area contributed by atoms with E-state index in [2.05, 4.69) is 10.3 Å². The number of hydrogen-bond acceptors (Lipinski definition) is 3. The zero-order valence-electron chi connectivity index (χ0n) is 14.0. The Labute approximate surface area is 141 Å². The highest BCUT2D eigenvalue weighted by Gasteiger charge is 2.17. The van der Waals surface area contributed by atoms with E-state index >= 15 is 0 Å². The molecule has 1 N–H and O–H groups in total. The van der Waals surface area contributed by atoms with Crippen LogP contribution in [0.2, 0.25) is 0 Å². The maximum Gasteiger partial charge on any atom is 0.252 e. The molecule has 0 radical (unpaired) electrons. The number of carbonyl (C=O) groups excluding carboxylic acids is 1. The molecule has 2 aromatic carbocycles. The van der Waals surface area contributed by atoms with Crippen LogP contribution >= 0.6 is 0 Å². The van der Waals surface area contributed by atoms with Crippen LogP contribution in [0.3, 0.4) is 0 Å². The van der Waals surface area contributed by atoms with Crippen LogP contribution in [0.5, 0.6) is 5.75 Å². The Kier molecular flexibility index (Phi) is 4.47. The van der Waals surface area contributed by atoms with Crippen LogP contribution in [0.4, 0.5) is 0 Å². The van der Waals surface area contributed by atoms with Gasteiger partial charge in [0.25, 0.3) is 5.91 Å². The minimum Gasteiger partial charge on any atom is -0.496 e. The normalized spacial score (nSPS) is 12.0. The number of carbonyl (C=O) groups is 1. The van der Waals surface area contributed by atoms with E-state index in [4.69, 9.17) is 4.74 Å². The first kappa shape index (κ1) is 16.0. The summed E-state index contributed by atoms with van der Waals surface area (Å²) in [4.78, 5) is 17.3. The predicted molar refractivity (Wildman–Crippen MR) is 95.4 cm³/mol. The van der Waals surface area contributed by atoms with Crippen LogP contribution in [0.25, 0.3) is 10.9 Å². The first-order valence-corrected chi connectivity index (χ1v) is 7.90. The minimum atomic E-state index is -0.166. The minimum absolute atomic E-state index is 0.116. The molecule has 4 heteroatoms. The number of aryl methyl sites for hydroxylation is 1. The zero-order chi connectivity index (χ0) is 17.1. The lowest BCUT2D eigenvalue weighted by atomic mass is 10.0. The summed E-state index contributed by atoms with van der Waals surface area (Å²) in [6.07, 6.45) is 0. The van der Waals surface area contributed by atoms with Gasteiger partial charge in [-0.15, -0.1) is 0 Å². The second-order valence-electron chi connectivity index (χ2n) is 5.77. The fraction of sp³-hybridized carbons (Fsp3) is 0.200. The summed E-state index contributed by atoms with van der Waals surface area (Å²) in [6, 6.07) is 17.0. The lowest BCUT2D eigenvalue weighted by molar-refractivity contribution is 0.0941. The molecule has 4 nitrogen and oxygen atoms in total. The molecule has 3 aromatic rings. The molecule has 1 amide bonds. The lowest BCUT2D eigenvalue weighted by Gasteiger charge is -2.18. The lowest BCUT2D eigenvalue weighted by Crippen LogP contribution is -2.27. The standard InChI is InChI=1S/C20H20N2O2/c1-13-12-17(16-9-4-6-10-18(16)21-13)20(23)22-14(2)15-8-5-7-11-19(15)24-3/h4-12,14H,1-3H3,(H,22,23)/t14-/m1/s1. The average molecular weight is 320 g/mol. The molecule has 1 atom stereocenters. The van der Waals surface area contributed by atoms with Crippen molar-refractivity contribution < 1.29 is 9.53 Å². The van der Waals surface area contributed by atoms with E-state index < -0.39 is 0 Å². The maximum atomic E-state index is 12.8. The summed E-state index contributed by atoms with van der Waals surface area (Å²) < 4.78 is 5.38. The Balaban J connectivity index is 1.93. The van der Waals surface area contributed by atoms with Crippen molar-refractivity contribution in [2.45, 2.75) is 19.9 Å². The number of aromatic nitrogens is 1. The van der Waals surface area contributed by atoms with Crippen molar-refractivity contribution in [3.63, 3.8) is 0 Å². The van der Waals surface area contributed by atoms with Gasteiger partial charge in [0.1, 0.15) is 5.75 Å². The summed E-state index contributed by atoms with van der Waals surface area (Å²) in [5.74, 6) is 0.649. The Bertz CT molecular complexity index is 890. The summed E-state index contributed by atoms with van der Waals surface area (Å²) >= 11 is 0. The monoisotopic (exact) mass is 320 g/mol. The number of benzene rings is 2. The number of para-hydroxylation sites is 2. The van der Waals surface area contributed by atoms with Gasteiger partial charge in [0, 0.05) is 16.6 Å². The molecule has 0 aliphatic rings. The third-order valence-electron chi connectivity index (χ3n) is 4.04. The highest BCUT2D eigenvalue weighted by Crippen LogP contribution is 2.25. The topological polar surface area (TPSA) is 51.2 Å². The van der Waals surface area contributed by atoms with E-state index in [-0.39, 0.29) is 11.9 Å². The van der Waals surface area contributed by atoms with E-state index in [1.54, 1.807) is 7.11 Å². The van der Waals surface area contributed by atoms with E-state index in [1.165, 1.54) is 0 Å². The number of ether oxygens (including phenoxy) is 1. The molecular weight excluding hydrogens is 300 g/mol. The van der Waals surface area contributed by atoms with Crippen LogP contribution in [0.15, 0.2) is 54.6 Å². The molecule has 0 aliphatic heterocycles. The van der Waals surface area contributed by atoms with Crippen molar-refractivity contribution in [3.8, 4) is 5.75 Å². The van der Waals surface area contributed by atoms with E-state index in [9.17, 15) is 4.79 Å². The molecular formula is C20H20N2O2. The Morgan fingerprint density at radius 1 is 1.12 bits per heavy atom. The van der Waals surface area contributed by atoms with Gasteiger partial charge >= 0.3 is 0 Å². The quantitative estimate of drug-likeness (QED) is 0.789. The predicted octanol–water partition coefficient (Wildman–Crippen LogP) is 4.04. The van der Waals surface area contributed by atoms with Crippen molar-refractivity contribution in [3.05, 3.63) is 71.4 Å². The Morgan fingerprint density at radius 3 is 2.62 bits per heavy atom. The van der Waals surface area contributed by atoms with E-state index in [1.807, 2.05) is 68.4 Å². The number of nitrogens with one attached hydrogen (secondary N) is 1. The van der Waals surface area contributed by atoms with Crippen LogP contribution in [-0.4, -0.2) is 18.0 Å². The second kappa shape index (κ2) is 6.71. The van der Waals surface area contributed by atoms with Gasteiger partial charge in [-0.3, -0.25) is 9.78 Å². The first-order chi connectivity index (χ1) is 11.6. The second-order valence-corrected chi connectivity index (χ2v) is 5.77. The van der Waals surface area contributed by atoms with Gasteiger partial charge in [0.2, 0.25) is 0 Å². The Morgan fingerprint density at radius 2 is 1.83 bits per heavy atom. The van der Waals surface area contributed by atoms with Gasteiger partial charge in [0.15, 0.2) is 0 Å². The van der Waals surface area contributed by atoms with E-state index in [0.717, 1.165) is 27.9 Å². The number of nitrogens with zero attached hydrogens (tertiary/aromatic N) is 1. The molecule has 0 fully saturated rings. The molecule has 0 unspecified atom stereocenters. The van der Waals surface area contributed by atoms with Crippen molar-refractivity contribution in [2.75, 3.05) is 7.11 Å². The highest BCUT2D eigenvalue weighted by atomic mass is 16.5.